The molecule has 4 rings (SSSR count). The number of hydrogen-bond donors (Lipinski definition) is 1. The summed E-state index contributed by atoms with van der Waals surface area (Å²) in [5, 5.41) is 6.31. The van der Waals surface area contributed by atoms with Crippen LogP contribution >= 0.6 is 22.7 Å². The Kier molecular flexibility index (Phi) is 8.29. The molecule has 33 heavy (non-hydrogen) atoms. The van der Waals surface area contributed by atoms with Gasteiger partial charge < -0.3 is 15.1 Å². The Balaban J connectivity index is 1.42. The lowest BCUT2D eigenvalue weighted by molar-refractivity contribution is 0.0951. The number of thiophene rings is 2. The van der Waals surface area contributed by atoms with E-state index in [1.54, 1.807) is 17.7 Å². The van der Waals surface area contributed by atoms with Crippen molar-refractivity contribution in [2.24, 2.45) is 0 Å². The van der Waals surface area contributed by atoms with Crippen molar-refractivity contribution < 1.29 is 4.79 Å². The number of unbranched alkanes of at least 4 members (excludes halogenated alkanes) is 1. The Bertz CT molecular complexity index is 1040. The van der Waals surface area contributed by atoms with Crippen LogP contribution in [-0.4, -0.2) is 78.5 Å². The van der Waals surface area contributed by atoms with E-state index in [1.165, 1.54) is 29.1 Å². The number of aromatic nitrogens is 2. The van der Waals surface area contributed by atoms with E-state index in [0.29, 0.717) is 6.54 Å². The van der Waals surface area contributed by atoms with Crippen molar-refractivity contribution in [1.29, 1.82) is 0 Å². The summed E-state index contributed by atoms with van der Waals surface area (Å²) in [7, 11) is 2.15. The van der Waals surface area contributed by atoms with Gasteiger partial charge in [-0.05, 0) is 43.9 Å². The summed E-state index contributed by atoms with van der Waals surface area (Å²) in [5.74, 6) is 0.953. The number of hydrogen-bond acceptors (Lipinski definition) is 8. The lowest BCUT2D eigenvalue weighted by Crippen LogP contribution is -2.44. The normalized spacial score (nSPS) is 15.0. The number of anilines is 1. The molecule has 4 heterocycles. The number of carbonyl (C=O) groups is 1. The molecule has 1 N–H and O–H groups in total. The van der Waals surface area contributed by atoms with Gasteiger partial charge in [0.05, 0.1) is 10.3 Å². The maximum Gasteiger partial charge on any atom is 0.261 e. The van der Waals surface area contributed by atoms with Gasteiger partial charge in [0.2, 0.25) is 0 Å². The first-order valence-corrected chi connectivity index (χ1v) is 13.5. The van der Waals surface area contributed by atoms with E-state index in [0.717, 1.165) is 72.3 Å². The van der Waals surface area contributed by atoms with E-state index in [4.69, 9.17) is 0 Å². The van der Waals surface area contributed by atoms with Gasteiger partial charge in [-0.15, -0.1) is 22.7 Å². The fraction of sp³-hybridized carbons (Fsp3) is 0.542. The van der Waals surface area contributed by atoms with Crippen LogP contribution in [0, 0.1) is 6.92 Å². The first-order valence-electron chi connectivity index (χ1n) is 11.8. The number of fused-ring (bicyclic) bond motifs is 1. The molecule has 9 heteroatoms. The van der Waals surface area contributed by atoms with Gasteiger partial charge in [-0.3, -0.25) is 9.69 Å². The SMILES string of the molecule is CCCCN(CCNC(=O)c1sc2ncnc(N3CCN(C)CC3)c2c1C)Cc1cccs1. The fourth-order valence-electron chi connectivity index (χ4n) is 4.21. The molecule has 1 aliphatic heterocycles. The lowest BCUT2D eigenvalue weighted by atomic mass is 10.1. The van der Waals surface area contributed by atoms with Crippen LogP contribution in [0.1, 0.15) is 39.9 Å². The van der Waals surface area contributed by atoms with Gasteiger partial charge in [-0.1, -0.05) is 19.4 Å². The van der Waals surface area contributed by atoms with Gasteiger partial charge in [0.1, 0.15) is 17.0 Å². The molecule has 1 amide bonds. The Labute approximate surface area is 204 Å². The van der Waals surface area contributed by atoms with Gasteiger partial charge >= 0.3 is 0 Å². The van der Waals surface area contributed by atoms with Gasteiger partial charge in [-0.2, -0.15) is 0 Å². The summed E-state index contributed by atoms with van der Waals surface area (Å²) in [5.41, 5.74) is 0.989. The zero-order valence-corrected chi connectivity index (χ0v) is 21.5. The molecule has 0 atom stereocenters. The molecule has 0 unspecified atom stereocenters. The fourth-order valence-corrected chi connectivity index (χ4v) is 6.02. The monoisotopic (exact) mass is 486 g/mol. The molecular weight excluding hydrogens is 452 g/mol. The van der Waals surface area contributed by atoms with Crippen LogP contribution < -0.4 is 10.2 Å². The van der Waals surface area contributed by atoms with Crippen molar-refractivity contribution >= 4 is 44.6 Å². The Hall–Kier alpha value is -2.07. The average molecular weight is 487 g/mol. The number of piperazine rings is 1. The summed E-state index contributed by atoms with van der Waals surface area (Å²) >= 11 is 3.27. The predicted octanol–water partition coefficient (Wildman–Crippen LogP) is 3.85. The summed E-state index contributed by atoms with van der Waals surface area (Å²) in [6.07, 6.45) is 3.97. The molecule has 0 aromatic carbocycles. The summed E-state index contributed by atoms with van der Waals surface area (Å²) < 4.78 is 0. The van der Waals surface area contributed by atoms with E-state index in [1.807, 2.05) is 6.92 Å². The van der Waals surface area contributed by atoms with E-state index in [9.17, 15) is 4.79 Å². The van der Waals surface area contributed by atoms with Gasteiger partial charge in [-0.25, -0.2) is 9.97 Å². The van der Waals surface area contributed by atoms with Crippen molar-refractivity contribution in [2.45, 2.75) is 33.2 Å². The highest BCUT2D eigenvalue weighted by Crippen LogP contribution is 2.35. The quantitative estimate of drug-likeness (QED) is 0.470. The van der Waals surface area contributed by atoms with Crippen molar-refractivity contribution in [2.75, 3.05) is 57.8 Å². The third-order valence-corrected chi connectivity index (χ3v) is 8.28. The number of carbonyl (C=O) groups excluding carboxylic acids is 1. The number of nitrogens with zero attached hydrogens (tertiary/aromatic N) is 5. The van der Waals surface area contributed by atoms with E-state index in [-0.39, 0.29) is 5.91 Å². The number of amides is 1. The topological polar surface area (TPSA) is 64.6 Å². The second kappa shape index (κ2) is 11.4. The highest BCUT2D eigenvalue weighted by Gasteiger charge is 2.23. The molecule has 1 saturated heterocycles. The first kappa shape index (κ1) is 24.1. The summed E-state index contributed by atoms with van der Waals surface area (Å²) in [6.45, 7) is 11.6. The molecule has 0 bridgehead atoms. The van der Waals surface area contributed by atoms with E-state index >= 15 is 0 Å². The van der Waals surface area contributed by atoms with Crippen LogP contribution in [0.15, 0.2) is 23.8 Å². The van der Waals surface area contributed by atoms with E-state index in [2.05, 4.69) is 61.5 Å². The van der Waals surface area contributed by atoms with Crippen LogP contribution in [0.4, 0.5) is 5.82 Å². The Morgan fingerprint density at radius 2 is 2.03 bits per heavy atom. The Morgan fingerprint density at radius 3 is 2.76 bits per heavy atom. The minimum absolute atomic E-state index is 0.00797. The molecule has 3 aromatic rings. The summed E-state index contributed by atoms with van der Waals surface area (Å²) in [6, 6.07) is 4.28. The molecule has 178 valence electrons. The highest BCUT2D eigenvalue weighted by atomic mass is 32.1. The largest absolute Gasteiger partial charge is 0.353 e. The number of aryl methyl sites for hydroxylation is 1. The first-order chi connectivity index (χ1) is 16.1. The lowest BCUT2D eigenvalue weighted by Gasteiger charge is -2.33. The van der Waals surface area contributed by atoms with Gasteiger partial charge in [0.25, 0.3) is 5.91 Å². The molecule has 0 spiro atoms. The third kappa shape index (κ3) is 5.90. The van der Waals surface area contributed by atoms with Crippen molar-refractivity contribution in [3.05, 3.63) is 39.2 Å². The van der Waals surface area contributed by atoms with Crippen molar-refractivity contribution in [3.63, 3.8) is 0 Å². The molecule has 3 aromatic heterocycles. The maximum atomic E-state index is 13.1. The standard InChI is InChI=1S/C24H34N6OS2/c1-4-5-9-29(16-19-7-6-15-32-19)10-8-25-23(31)21-18(2)20-22(26-17-27-24(20)33-21)30-13-11-28(3)12-14-30/h6-7,15,17H,4-5,8-14,16H2,1-3H3,(H,25,31). The number of nitrogens with one attached hydrogen (secondary N) is 1. The molecular formula is C24H34N6OS2. The van der Waals surface area contributed by atoms with Crippen LogP contribution in [-0.2, 0) is 6.54 Å². The third-order valence-electron chi connectivity index (χ3n) is 6.22. The molecule has 0 radical (unpaired) electrons. The number of likely N-dealkylation sites (N-methyl/N-ethyl adjacent to an activating group) is 1. The van der Waals surface area contributed by atoms with Crippen molar-refractivity contribution in [1.82, 2.24) is 25.1 Å². The average Bonchev–Trinajstić information content (AvgIpc) is 3.45. The van der Waals surface area contributed by atoms with E-state index < -0.39 is 0 Å². The zero-order valence-electron chi connectivity index (χ0n) is 19.8. The molecule has 1 aliphatic rings. The molecule has 0 aliphatic carbocycles. The Morgan fingerprint density at radius 1 is 1.21 bits per heavy atom. The maximum absolute atomic E-state index is 13.1. The van der Waals surface area contributed by atoms with Crippen molar-refractivity contribution in [3.8, 4) is 0 Å². The van der Waals surface area contributed by atoms with Crippen LogP contribution in [0.3, 0.4) is 0 Å². The zero-order chi connectivity index (χ0) is 23.2. The number of rotatable bonds is 10. The second-order valence-electron chi connectivity index (χ2n) is 8.69. The van der Waals surface area contributed by atoms with Gasteiger partial charge in [0, 0.05) is 50.7 Å². The second-order valence-corrected chi connectivity index (χ2v) is 10.7. The highest BCUT2D eigenvalue weighted by molar-refractivity contribution is 7.20. The molecule has 0 saturated carbocycles. The van der Waals surface area contributed by atoms with Crippen LogP contribution in [0.2, 0.25) is 0 Å². The van der Waals surface area contributed by atoms with Gasteiger partial charge in [0.15, 0.2) is 0 Å². The van der Waals surface area contributed by atoms with Crippen LogP contribution in [0.25, 0.3) is 10.2 Å². The molecule has 1 fully saturated rings. The smallest absolute Gasteiger partial charge is 0.261 e. The minimum atomic E-state index is -0.00797. The van der Waals surface area contributed by atoms with Crippen LogP contribution in [0.5, 0.6) is 0 Å². The minimum Gasteiger partial charge on any atom is -0.353 e. The summed E-state index contributed by atoms with van der Waals surface area (Å²) in [4.78, 5) is 32.3. The predicted molar refractivity (Wildman–Crippen MR) is 139 cm³/mol. The molecule has 7 nitrogen and oxygen atoms in total.